The molecule has 276 valence electrons. The minimum Gasteiger partial charge on any atom is -0.461 e. The molecule has 0 aromatic rings. The van der Waals surface area contributed by atoms with Crippen molar-refractivity contribution in [2.24, 2.45) is 40.4 Å². The zero-order valence-corrected chi connectivity index (χ0v) is 35.3. The number of cyclic esters (lactones) is 1. The van der Waals surface area contributed by atoms with Crippen LogP contribution in [0.3, 0.4) is 0 Å². The van der Waals surface area contributed by atoms with Gasteiger partial charge in [0, 0.05) is 24.2 Å². The number of allylic oxidation sites excluding steroid dienone is 3. The zero-order valence-electron chi connectivity index (χ0n) is 33.0. The first kappa shape index (κ1) is 41.2. The predicted octanol–water partition coefficient (Wildman–Crippen LogP) is 9.57. The molecule has 0 saturated carbocycles. The van der Waals surface area contributed by atoms with E-state index >= 15 is 0 Å². The Morgan fingerprint density at radius 2 is 1.54 bits per heavy atom. The summed E-state index contributed by atoms with van der Waals surface area (Å²) in [5.41, 5.74) is 0.674. The zero-order chi connectivity index (χ0) is 36.0. The second-order valence-corrected chi connectivity index (χ2v) is 22.9. The van der Waals surface area contributed by atoms with E-state index in [0.717, 1.165) is 57.8 Å². The molecule has 2 aliphatic carbocycles. The molecule has 1 heterocycles. The Bertz CT molecular complexity index is 1110. The van der Waals surface area contributed by atoms with Gasteiger partial charge in [0.25, 0.3) is 0 Å². The van der Waals surface area contributed by atoms with Gasteiger partial charge in [-0.25, -0.2) is 4.79 Å². The summed E-state index contributed by atoms with van der Waals surface area (Å²) in [6.07, 6.45) is 15.2. The van der Waals surface area contributed by atoms with E-state index in [4.69, 9.17) is 18.3 Å². The Hall–Kier alpha value is -1.23. The summed E-state index contributed by atoms with van der Waals surface area (Å²) in [6, 6.07) is 0. The normalized spacial score (nSPS) is 29.5. The van der Waals surface area contributed by atoms with Crippen molar-refractivity contribution in [3.63, 3.8) is 0 Å². The average molecular weight is 705 g/mol. The molecule has 0 aromatic carbocycles. The number of hydrogen-bond donors (Lipinski definition) is 0. The van der Waals surface area contributed by atoms with E-state index in [2.05, 4.69) is 107 Å². The highest BCUT2D eigenvalue weighted by Crippen LogP contribution is 2.51. The van der Waals surface area contributed by atoms with Crippen LogP contribution in [0.15, 0.2) is 23.8 Å². The van der Waals surface area contributed by atoms with Gasteiger partial charge in [-0.15, -0.1) is 0 Å². The summed E-state index contributed by atoms with van der Waals surface area (Å²) >= 11 is 0. The van der Waals surface area contributed by atoms with E-state index in [0.29, 0.717) is 12.3 Å². The predicted molar refractivity (Wildman–Crippen MR) is 203 cm³/mol. The Balaban J connectivity index is 2.01. The molecule has 0 aromatic heterocycles. The first-order valence-electron chi connectivity index (χ1n) is 19.4. The van der Waals surface area contributed by atoms with Crippen LogP contribution in [0.1, 0.15) is 127 Å². The van der Waals surface area contributed by atoms with Crippen molar-refractivity contribution in [2.45, 2.75) is 177 Å². The maximum Gasteiger partial charge on any atom is 0.334 e. The van der Waals surface area contributed by atoms with E-state index in [1.807, 2.05) is 0 Å². The maximum atomic E-state index is 14.0. The van der Waals surface area contributed by atoms with E-state index in [1.165, 1.54) is 5.57 Å². The Kier molecular flexibility index (Phi) is 14.9. The molecule has 1 unspecified atom stereocenters. The molecule has 0 radical (unpaired) electrons. The molecule has 8 atom stereocenters. The highest BCUT2D eigenvalue weighted by molar-refractivity contribution is 6.48. The van der Waals surface area contributed by atoms with Gasteiger partial charge < -0.3 is 18.3 Å². The highest BCUT2D eigenvalue weighted by atomic mass is 28.3. The third kappa shape index (κ3) is 10.9. The van der Waals surface area contributed by atoms with Crippen LogP contribution < -0.4 is 0 Å². The van der Waals surface area contributed by atoms with Gasteiger partial charge in [-0.05, 0) is 87.5 Å². The van der Waals surface area contributed by atoms with E-state index < -0.39 is 29.8 Å². The second kappa shape index (κ2) is 17.3. The van der Waals surface area contributed by atoms with Gasteiger partial charge in [0.2, 0.25) is 0 Å². The molecule has 3 rings (SSSR count). The number of carbonyl (C=O) groups is 2. The molecule has 1 aliphatic heterocycles. The van der Waals surface area contributed by atoms with Crippen molar-refractivity contribution in [1.82, 2.24) is 0 Å². The van der Waals surface area contributed by atoms with Crippen molar-refractivity contribution < 1.29 is 27.9 Å². The summed E-state index contributed by atoms with van der Waals surface area (Å²) in [5, 5.41) is 0. The topological polar surface area (TPSA) is 71.1 Å². The molecule has 3 aliphatic rings. The van der Waals surface area contributed by atoms with Crippen LogP contribution >= 0.6 is 0 Å². The lowest BCUT2D eigenvalue weighted by Crippen LogP contribution is -2.55. The first-order valence-corrected chi connectivity index (χ1v) is 25.0. The number of hydrogen-bond acceptors (Lipinski definition) is 6. The summed E-state index contributed by atoms with van der Waals surface area (Å²) < 4.78 is 26.4. The molecular formula is C40H72O6Si2. The standard InChI is InChI=1S/C40H72O6Si2/c1-14-16-19-27(20-17-15-2)36(41)44-33-24-29(38(3,4)5)23-28-21-18-22-31(34(28)33)40(9,46-48(12)13)26-30-25-32(39(6,7)8)35(37(42)43-30)45-47(10)11/h18,21,23,27,29-35,47-48H,14-17,19-20,22,24-26H2,1-13H3/t29-,30-,31+,32+,33+,34+,35?,40+/m1/s1. The first-order chi connectivity index (χ1) is 22.3. The van der Waals surface area contributed by atoms with Gasteiger partial charge in [0.15, 0.2) is 18.1 Å². The van der Waals surface area contributed by atoms with Gasteiger partial charge in [-0.1, -0.05) is 99.3 Å². The summed E-state index contributed by atoms with van der Waals surface area (Å²) in [5.74, 6) is 0.220. The Morgan fingerprint density at radius 1 is 0.917 bits per heavy atom. The molecule has 1 fully saturated rings. The fourth-order valence-corrected chi connectivity index (χ4v) is 10.8. The number of rotatable bonds is 15. The number of ether oxygens (including phenoxy) is 2. The molecule has 48 heavy (non-hydrogen) atoms. The number of unbranched alkanes of at least 4 members (excludes halogenated alkanes) is 2. The minimum atomic E-state index is -1.53. The minimum absolute atomic E-state index is 0.0149. The lowest BCUT2D eigenvalue weighted by molar-refractivity contribution is -0.182. The van der Waals surface area contributed by atoms with Crippen molar-refractivity contribution in [1.29, 1.82) is 0 Å². The molecule has 0 bridgehead atoms. The average Bonchev–Trinajstić information content (AvgIpc) is 2.96. The van der Waals surface area contributed by atoms with E-state index in [9.17, 15) is 9.59 Å². The van der Waals surface area contributed by atoms with Crippen molar-refractivity contribution in [2.75, 3.05) is 0 Å². The lowest BCUT2D eigenvalue weighted by atomic mass is 9.61. The van der Waals surface area contributed by atoms with Crippen LogP contribution in [-0.4, -0.2) is 53.9 Å². The number of carbonyl (C=O) groups excluding carboxylic acids is 2. The number of fused-ring (bicyclic) bond motifs is 1. The van der Waals surface area contributed by atoms with Crippen LogP contribution in [0, 0.1) is 40.4 Å². The van der Waals surface area contributed by atoms with Gasteiger partial charge in [0.05, 0.1) is 11.5 Å². The summed E-state index contributed by atoms with van der Waals surface area (Å²) in [4.78, 5) is 27.6. The van der Waals surface area contributed by atoms with Crippen LogP contribution in [-0.2, 0) is 27.9 Å². The molecule has 8 heteroatoms. The van der Waals surface area contributed by atoms with E-state index in [-0.39, 0.29) is 58.6 Å². The summed E-state index contributed by atoms with van der Waals surface area (Å²) in [7, 11) is -2.98. The van der Waals surface area contributed by atoms with Crippen molar-refractivity contribution in [3.8, 4) is 0 Å². The van der Waals surface area contributed by atoms with Crippen LogP contribution in [0.25, 0.3) is 0 Å². The van der Waals surface area contributed by atoms with Crippen LogP contribution in [0.5, 0.6) is 0 Å². The third-order valence-corrected chi connectivity index (χ3v) is 13.0. The third-order valence-electron chi connectivity index (χ3n) is 11.2. The smallest absolute Gasteiger partial charge is 0.334 e. The molecule has 6 nitrogen and oxygen atoms in total. The van der Waals surface area contributed by atoms with E-state index in [1.54, 1.807) is 0 Å². The van der Waals surface area contributed by atoms with Crippen LogP contribution in [0.4, 0.5) is 0 Å². The molecule has 0 spiro atoms. The Morgan fingerprint density at radius 3 is 2.06 bits per heavy atom. The highest BCUT2D eigenvalue weighted by Gasteiger charge is 2.52. The molecular weight excluding hydrogens is 633 g/mol. The number of esters is 2. The maximum absolute atomic E-state index is 14.0. The monoisotopic (exact) mass is 704 g/mol. The lowest BCUT2D eigenvalue weighted by Gasteiger charge is -2.51. The Labute approximate surface area is 298 Å². The SMILES string of the molecule is CCCCC(CCCC)C(=O)O[C@H]1C[C@H](C(C)(C)C)C=C2C=CC[C@H]([C@](C)(C[C@H]3C[C@H](C(C)(C)C)C(O[SiH](C)C)C(=O)O3)O[SiH](C)C)[C@H]21. The van der Waals surface area contributed by atoms with Crippen molar-refractivity contribution >= 4 is 30.0 Å². The van der Waals surface area contributed by atoms with Crippen LogP contribution in [0.2, 0.25) is 26.2 Å². The fourth-order valence-electron chi connectivity index (χ4n) is 8.56. The van der Waals surface area contributed by atoms with Crippen molar-refractivity contribution in [3.05, 3.63) is 23.8 Å². The fraction of sp³-hybridized carbons (Fsp3) is 0.850. The van der Waals surface area contributed by atoms with Gasteiger partial charge in [-0.2, -0.15) is 0 Å². The van der Waals surface area contributed by atoms with Gasteiger partial charge in [0.1, 0.15) is 18.3 Å². The quantitative estimate of drug-likeness (QED) is 0.125. The largest absolute Gasteiger partial charge is 0.461 e. The molecule has 1 saturated heterocycles. The molecule has 0 N–H and O–H groups in total. The van der Waals surface area contributed by atoms with Gasteiger partial charge >= 0.3 is 11.9 Å². The molecule has 0 amide bonds. The van der Waals surface area contributed by atoms with Gasteiger partial charge in [-0.3, -0.25) is 4.79 Å². The second-order valence-electron chi connectivity index (χ2n) is 18.2. The summed E-state index contributed by atoms with van der Waals surface area (Å²) in [6.45, 7) is 28.9.